The fourth-order valence-corrected chi connectivity index (χ4v) is 1.67. The van der Waals surface area contributed by atoms with Crippen LogP contribution >= 0.6 is 0 Å². The maximum Gasteiger partial charge on any atom is 0.321 e. The second-order valence-electron chi connectivity index (χ2n) is 4.75. The first-order chi connectivity index (χ1) is 9.88. The van der Waals surface area contributed by atoms with Crippen molar-refractivity contribution in [2.45, 2.75) is 46.6 Å². The summed E-state index contributed by atoms with van der Waals surface area (Å²) in [7, 11) is 0. The third-order valence-corrected chi connectivity index (χ3v) is 3.23. The molecule has 2 atom stereocenters. The van der Waals surface area contributed by atoms with Crippen LogP contribution in [0.25, 0.3) is 0 Å². The van der Waals surface area contributed by atoms with Crippen molar-refractivity contribution < 1.29 is 14.7 Å². The van der Waals surface area contributed by atoms with Crippen molar-refractivity contribution >= 4 is 17.9 Å². The summed E-state index contributed by atoms with van der Waals surface area (Å²) in [5, 5.41) is 21.7. The molecule has 8 heteroatoms. The zero-order valence-electron chi connectivity index (χ0n) is 12.7. The molecule has 1 heterocycles. The topological polar surface area (TPSA) is 117 Å². The molecule has 1 aromatic heterocycles. The number of aliphatic carboxylic acids is 1. The third-order valence-electron chi connectivity index (χ3n) is 3.23. The fraction of sp³-hybridized carbons (Fsp3) is 0.615. The van der Waals surface area contributed by atoms with Crippen LogP contribution in [0.15, 0.2) is 0 Å². The molecular weight excluding hydrogens is 274 g/mol. The van der Waals surface area contributed by atoms with Crippen LogP contribution in [0.3, 0.4) is 0 Å². The average molecular weight is 295 g/mol. The van der Waals surface area contributed by atoms with E-state index in [-0.39, 0.29) is 5.95 Å². The maximum atomic E-state index is 11.8. The molecule has 0 saturated carbocycles. The molecule has 3 N–H and O–H groups in total. The second-order valence-corrected chi connectivity index (χ2v) is 4.75. The Hall–Kier alpha value is -2.25. The number of hydrogen-bond acceptors (Lipinski definition) is 5. The minimum absolute atomic E-state index is 0.108. The molecule has 0 radical (unpaired) electrons. The van der Waals surface area contributed by atoms with Gasteiger partial charge in [-0.2, -0.15) is 0 Å². The molecule has 0 saturated heterocycles. The molecule has 116 valence electrons. The number of carbonyl (C=O) groups is 2. The van der Waals surface area contributed by atoms with Gasteiger partial charge in [0, 0.05) is 6.04 Å². The minimum atomic E-state index is -0.971. The van der Waals surface area contributed by atoms with Gasteiger partial charge in [-0.25, -0.2) is 9.78 Å². The molecule has 2 amide bonds. The Labute approximate surface area is 123 Å². The van der Waals surface area contributed by atoms with Gasteiger partial charge in [-0.3, -0.25) is 10.1 Å². The highest BCUT2D eigenvalue weighted by atomic mass is 16.4. The predicted octanol–water partition coefficient (Wildman–Crippen LogP) is 1.23. The summed E-state index contributed by atoms with van der Waals surface area (Å²) in [6.45, 7) is 7.05. The SMILES string of the molecule is CCc1nnc(NC(=O)NC(C)C(C)C(=O)O)nc1CC. The monoisotopic (exact) mass is 295 g/mol. The van der Waals surface area contributed by atoms with E-state index in [4.69, 9.17) is 5.11 Å². The van der Waals surface area contributed by atoms with Crippen LogP contribution in [0.4, 0.5) is 10.7 Å². The van der Waals surface area contributed by atoms with Crippen LogP contribution in [0.1, 0.15) is 39.1 Å². The van der Waals surface area contributed by atoms with Crippen molar-refractivity contribution in [1.29, 1.82) is 0 Å². The van der Waals surface area contributed by atoms with E-state index in [2.05, 4.69) is 25.8 Å². The van der Waals surface area contributed by atoms with Gasteiger partial charge >= 0.3 is 12.0 Å². The summed E-state index contributed by atoms with van der Waals surface area (Å²) >= 11 is 0. The first-order valence-electron chi connectivity index (χ1n) is 6.91. The molecule has 21 heavy (non-hydrogen) atoms. The zero-order chi connectivity index (χ0) is 16.0. The third kappa shape index (κ3) is 4.66. The minimum Gasteiger partial charge on any atom is -0.481 e. The largest absolute Gasteiger partial charge is 0.481 e. The molecule has 0 spiro atoms. The van der Waals surface area contributed by atoms with Gasteiger partial charge in [0.05, 0.1) is 17.3 Å². The molecule has 0 aliphatic heterocycles. The van der Waals surface area contributed by atoms with Crippen molar-refractivity contribution in [1.82, 2.24) is 20.5 Å². The molecule has 1 rings (SSSR count). The van der Waals surface area contributed by atoms with Crippen molar-refractivity contribution in [2.75, 3.05) is 5.32 Å². The van der Waals surface area contributed by atoms with Gasteiger partial charge in [0.1, 0.15) is 0 Å². The molecule has 2 unspecified atom stereocenters. The number of amides is 2. The van der Waals surface area contributed by atoms with Gasteiger partial charge in [0.2, 0.25) is 0 Å². The summed E-state index contributed by atoms with van der Waals surface area (Å²) < 4.78 is 0. The first kappa shape index (κ1) is 16.8. The van der Waals surface area contributed by atoms with E-state index >= 15 is 0 Å². The van der Waals surface area contributed by atoms with Crippen LogP contribution in [0, 0.1) is 5.92 Å². The second kappa shape index (κ2) is 7.51. The lowest BCUT2D eigenvalue weighted by Crippen LogP contribution is -2.42. The van der Waals surface area contributed by atoms with E-state index < -0.39 is 24.0 Å². The first-order valence-corrected chi connectivity index (χ1v) is 6.91. The van der Waals surface area contributed by atoms with Crippen molar-refractivity contribution in [2.24, 2.45) is 5.92 Å². The molecule has 1 aromatic rings. The number of aromatic nitrogens is 3. The Morgan fingerprint density at radius 1 is 1.14 bits per heavy atom. The van der Waals surface area contributed by atoms with Crippen LogP contribution in [-0.2, 0) is 17.6 Å². The van der Waals surface area contributed by atoms with Crippen LogP contribution in [0.5, 0.6) is 0 Å². The number of carboxylic acid groups (broad SMARTS) is 1. The highest BCUT2D eigenvalue weighted by Crippen LogP contribution is 2.07. The van der Waals surface area contributed by atoms with Gasteiger partial charge in [0.15, 0.2) is 0 Å². The van der Waals surface area contributed by atoms with E-state index in [1.54, 1.807) is 6.92 Å². The molecule has 0 fully saturated rings. The summed E-state index contributed by atoms with van der Waals surface area (Å²) in [6, 6.07) is -1.07. The van der Waals surface area contributed by atoms with E-state index in [9.17, 15) is 9.59 Å². The Kier molecular flexibility index (Phi) is 6.01. The number of nitrogens with one attached hydrogen (secondary N) is 2. The molecule has 0 aliphatic carbocycles. The average Bonchev–Trinajstić information content (AvgIpc) is 2.45. The lowest BCUT2D eigenvalue weighted by atomic mass is 10.0. The lowest BCUT2D eigenvalue weighted by Gasteiger charge is -2.17. The van der Waals surface area contributed by atoms with Gasteiger partial charge in [-0.05, 0) is 26.7 Å². The van der Waals surface area contributed by atoms with E-state index in [0.717, 1.165) is 17.8 Å². The number of aryl methyl sites for hydroxylation is 2. The zero-order valence-corrected chi connectivity index (χ0v) is 12.7. The molecule has 0 aliphatic rings. The van der Waals surface area contributed by atoms with Gasteiger partial charge < -0.3 is 10.4 Å². The number of hydrogen-bond donors (Lipinski definition) is 3. The quantitative estimate of drug-likeness (QED) is 0.726. The summed E-state index contributed by atoms with van der Waals surface area (Å²) in [4.78, 5) is 26.8. The van der Waals surface area contributed by atoms with Crippen molar-refractivity contribution in [3.05, 3.63) is 11.4 Å². The molecular formula is C13H21N5O3. The van der Waals surface area contributed by atoms with E-state index in [1.807, 2.05) is 13.8 Å². The summed E-state index contributed by atoms with van der Waals surface area (Å²) in [5.74, 6) is -1.55. The van der Waals surface area contributed by atoms with E-state index in [1.165, 1.54) is 6.92 Å². The van der Waals surface area contributed by atoms with Crippen molar-refractivity contribution in [3.63, 3.8) is 0 Å². The number of anilines is 1. The highest BCUT2D eigenvalue weighted by Gasteiger charge is 2.21. The number of rotatable bonds is 6. The van der Waals surface area contributed by atoms with Crippen molar-refractivity contribution in [3.8, 4) is 0 Å². The lowest BCUT2D eigenvalue weighted by molar-refractivity contribution is -0.141. The summed E-state index contributed by atoms with van der Waals surface area (Å²) in [5.41, 5.74) is 1.59. The normalized spacial score (nSPS) is 13.3. The number of nitrogens with zero attached hydrogens (tertiary/aromatic N) is 3. The smallest absolute Gasteiger partial charge is 0.321 e. The van der Waals surface area contributed by atoms with E-state index in [0.29, 0.717) is 6.42 Å². The van der Waals surface area contributed by atoms with Crippen LogP contribution < -0.4 is 10.6 Å². The standard InChI is InChI=1S/C13H21N5O3/c1-5-9-10(6-2)17-18-12(15-9)16-13(21)14-8(4)7(3)11(19)20/h7-8H,5-6H2,1-4H3,(H,19,20)(H2,14,15,16,18,21). The Morgan fingerprint density at radius 3 is 2.29 bits per heavy atom. The van der Waals surface area contributed by atoms with Crippen LogP contribution in [0.2, 0.25) is 0 Å². The Morgan fingerprint density at radius 2 is 1.76 bits per heavy atom. The molecule has 0 bridgehead atoms. The molecule has 8 nitrogen and oxygen atoms in total. The summed E-state index contributed by atoms with van der Waals surface area (Å²) in [6.07, 6.45) is 1.42. The maximum absolute atomic E-state index is 11.8. The van der Waals surface area contributed by atoms with Crippen LogP contribution in [-0.4, -0.2) is 38.3 Å². The Bertz CT molecular complexity index is 521. The number of urea groups is 1. The van der Waals surface area contributed by atoms with Gasteiger partial charge in [-0.15, -0.1) is 10.2 Å². The number of carboxylic acids is 1. The Balaban J connectivity index is 2.69. The number of carbonyl (C=O) groups excluding carboxylic acids is 1. The van der Waals surface area contributed by atoms with Gasteiger partial charge in [-0.1, -0.05) is 13.8 Å². The predicted molar refractivity (Wildman–Crippen MR) is 77.0 cm³/mol. The molecule has 0 aromatic carbocycles. The van der Waals surface area contributed by atoms with Gasteiger partial charge in [0.25, 0.3) is 5.95 Å². The highest BCUT2D eigenvalue weighted by molar-refractivity contribution is 5.87. The fourth-order valence-electron chi connectivity index (χ4n) is 1.67.